The van der Waals surface area contributed by atoms with Crippen LogP contribution in [0.1, 0.15) is 29.5 Å². The van der Waals surface area contributed by atoms with Gasteiger partial charge in [0.15, 0.2) is 0 Å². The van der Waals surface area contributed by atoms with Gasteiger partial charge in [0.1, 0.15) is 17.5 Å². The molecule has 9 rings (SSSR count). The summed E-state index contributed by atoms with van der Waals surface area (Å²) in [4.78, 5) is 22.3. The molecule has 0 aliphatic carbocycles. The lowest BCUT2D eigenvalue weighted by Crippen LogP contribution is -2.68. The molecule has 3 fully saturated rings. The molecular weight excluding hydrogens is 502 g/mol. The van der Waals surface area contributed by atoms with Crippen LogP contribution in [-0.4, -0.2) is 72.8 Å². The summed E-state index contributed by atoms with van der Waals surface area (Å²) in [7, 11) is 0. The van der Waals surface area contributed by atoms with Crippen molar-refractivity contribution in [3.63, 3.8) is 0 Å². The standard InChI is InChI=1S/C30H27N9O/c31-10-23-12-36-39-16-22(20-2-5-40-6-3-20)8-26(29(23)39)27-13-34-28(14-33-27)37-17-24-9-25(18-37)38(24)15-19-7-21-1-4-32-30(21)35-11-19/h1-2,4,7-8,11-14,16,24-25H,3,5-6,9,15,17-18H2,(H,32,35). The third kappa shape index (κ3) is 3.86. The van der Waals surface area contributed by atoms with Crippen molar-refractivity contribution in [3.8, 4) is 17.3 Å². The highest BCUT2D eigenvalue weighted by molar-refractivity contribution is 5.85. The van der Waals surface area contributed by atoms with Gasteiger partial charge >= 0.3 is 0 Å². The molecule has 10 nitrogen and oxygen atoms in total. The number of anilines is 1. The molecule has 0 saturated carbocycles. The van der Waals surface area contributed by atoms with Gasteiger partial charge in [0.25, 0.3) is 0 Å². The zero-order valence-corrected chi connectivity index (χ0v) is 21.9. The van der Waals surface area contributed by atoms with E-state index >= 15 is 0 Å². The molecular formula is C30H27N9O. The fraction of sp³-hybridized carbons (Fsp3) is 0.300. The van der Waals surface area contributed by atoms with Crippen LogP contribution < -0.4 is 4.90 Å². The maximum Gasteiger partial charge on any atom is 0.147 e. The molecule has 1 N–H and O–H groups in total. The smallest absolute Gasteiger partial charge is 0.147 e. The monoisotopic (exact) mass is 529 g/mol. The first-order valence-electron chi connectivity index (χ1n) is 13.7. The van der Waals surface area contributed by atoms with Crippen molar-refractivity contribution in [2.24, 2.45) is 0 Å². The zero-order chi connectivity index (χ0) is 26.6. The number of fused-ring (bicyclic) bond motifs is 4. The summed E-state index contributed by atoms with van der Waals surface area (Å²) in [5.74, 6) is 0.891. The number of H-pyrrole nitrogens is 1. The Morgan fingerprint density at radius 3 is 2.80 bits per heavy atom. The van der Waals surface area contributed by atoms with Gasteiger partial charge in [0.2, 0.25) is 0 Å². The fourth-order valence-corrected chi connectivity index (χ4v) is 6.40. The molecule has 0 radical (unpaired) electrons. The SMILES string of the molecule is N#Cc1cnn2cc(C3=CCOCC3)cc(-c3cnc(N4CC5CC(C4)N5Cc4cnc5[nH]ccc5c4)cn3)c12. The van der Waals surface area contributed by atoms with Crippen molar-refractivity contribution < 1.29 is 4.74 Å². The molecule has 0 spiro atoms. The molecule has 2 unspecified atom stereocenters. The van der Waals surface area contributed by atoms with Crippen LogP contribution in [0.3, 0.4) is 0 Å². The number of nitriles is 1. The van der Waals surface area contributed by atoms with E-state index in [4.69, 9.17) is 14.7 Å². The fourth-order valence-electron chi connectivity index (χ4n) is 6.40. The average Bonchev–Trinajstić information content (AvgIpc) is 3.66. The number of aromatic nitrogens is 6. The van der Waals surface area contributed by atoms with Crippen LogP contribution in [0.5, 0.6) is 0 Å². The lowest BCUT2D eigenvalue weighted by atomic mass is 9.87. The van der Waals surface area contributed by atoms with E-state index in [2.05, 4.69) is 55.2 Å². The Balaban J connectivity index is 1.03. The first-order valence-corrected chi connectivity index (χ1v) is 13.7. The molecule has 4 aliphatic rings. The molecule has 10 heteroatoms. The molecule has 2 atom stereocenters. The summed E-state index contributed by atoms with van der Waals surface area (Å²) in [6.07, 6.45) is 15.4. The zero-order valence-electron chi connectivity index (χ0n) is 21.9. The molecule has 5 aromatic heterocycles. The van der Waals surface area contributed by atoms with E-state index in [-0.39, 0.29) is 0 Å². The maximum absolute atomic E-state index is 9.73. The summed E-state index contributed by atoms with van der Waals surface area (Å²) in [5.41, 5.74) is 7.33. The molecule has 0 aromatic carbocycles. The average molecular weight is 530 g/mol. The van der Waals surface area contributed by atoms with Crippen molar-refractivity contribution in [2.75, 3.05) is 31.2 Å². The van der Waals surface area contributed by atoms with Crippen LogP contribution in [0.2, 0.25) is 0 Å². The number of ether oxygens (including phenoxy) is 1. The Bertz CT molecular complexity index is 1800. The van der Waals surface area contributed by atoms with E-state index < -0.39 is 0 Å². The molecule has 5 aromatic rings. The van der Waals surface area contributed by atoms with E-state index in [0.717, 1.165) is 65.2 Å². The van der Waals surface area contributed by atoms with Gasteiger partial charge in [0, 0.05) is 61.3 Å². The Morgan fingerprint density at radius 1 is 1.07 bits per heavy atom. The molecule has 9 heterocycles. The first-order chi connectivity index (χ1) is 19.7. The number of aromatic amines is 1. The van der Waals surface area contributed by atoms with Gasteiger partial charge in [0.05, 0.1) is 48.6 Å². The third-order valence-electron chi connectivity index (χ3n) is 8.47. The van der Waals surface area contributed by atoms with Crippen molar-refractivity contribution in [2.45, 2.75) is 31.5 Å². The minimum absolute atomic E-state index is 0.496. The van der Waals surface area contributed by atoms with E-state index in [1.165, 1.54) is 17.6 Å². The lowest BCUT2D eigenvalue weighted by Gasteiger charge is -2.56. The largest absolute Gasteiger partial charge is 0.377 e. The van der Waals surface area contributed by atoms with Gasteiger partial charge < -0.3 is 14.6 Å². The Labute approximate surface area is 230 Å². The Kier molecular flexibility index (Phi) is 5.40. The van der Waals surface area contributed by atoms with Crippen LogP contribution in [0.15, 0.2) is 61.5 Å². The van der Waals surface area contributed by atoms with E-state index in [9.17, 15) is 5.26 Å². The first kappa shape index (κ1) is 23.3. The van der Waals surface area contributed by atoms with Gasteiger partial charge in [-0.1, -0.05) is 6.08 Å². The minimum atomic E-state index is 0.496. The summed E-state index contributed by atoms with van der Waals surface area (Å²) in [6.45, 7) is 4.09. The highest BCUT2D eigenvalue weighted by Crippen LogP contribution is 2.36. The summed E-state index contributed by atoms with van der Waals surface area (Å²) >= 11 is 0. The maximum atomic E-state index is 9.73. The number of pyridine rings is 2. The number of piperazine rings is 1. The summed E-state index contributed by atoms with van der Waals surface area (Å²) in [6, 6.07) is 9.68. The number of piperidine rings is 1. The van der Waals surface area contributed by atoms with Gasteiger partial charge in [-0.3, -0.25) is 9.88 Å². The Hall–Kier alpha value is -4.59. The minimum Gasteiger partial charge on any atom is -0.377 e. The van der Waals surface area contributed by atoms with E-state index in [0.29, 0.717) is 30.9 Å². The number of nitrogens with one attached hydrogen (secondary N) is 1. The van der Waals surface area contributed by atoms with Crippen LogP contribution in [0.4, 0.5) is 5.82 Å². The second-order valence-corrected chi connectivity index (χ2v) is 10.8. The normalized spacial score (nSPS) is 20.9. The van der Waals surface area contributed by atoms with Gasteiger partial charge in [-0.15, -0.1) is 0 Å². The number of nitrogens with zero attached hydrogens (tertiary/aromatic N) is 8. The third-order valence-corrected chi connectivity index (χ3v) is 8.47. The number of rotatable bonds is 5. The van der Waals surface area contributed by atoms with Crippen molar-refractivity contribution >= 4 is 27.9 Å². The van der Waals surface area contributed by atoms with Gasteiger partial charge in [-0.2, -0.15) is 10.4 Å². The second kappa shape index (κ2) is 9.26. The van der Waals surface area contributed by atoms with E-state index in [1.54, 1.807) is 10.7 Å². The van der Waals surface area contributed by atoms with Gasteiger partial charge in [-0.05, 0) is 47.7 Å². The highest BCUT2D eigenvalue weighted by atomic mass is 16.5. The molecule has 0 amide bonds. The molecule has 3 saturated heterocycles. The molecule has 40 heavy (non-hydrogen) atoms. The van der Waals surface area contributed by atoms with Crippen molar-refractivity contribution in [1.82, 2.24) is 34.4 Å². The number of hydrogen-bond donors (Lipinski definition) is 1. The quantitative estimate of drug-likeness (QED) is 0.366. The summed E-state index contributed by atoms with van der Waals surface area (Å²) < 4.78 is 7.28. The highest BCUT2D eigenvalue weighted by Gasteiger charge is 2.44. The molecule has 4 aliphatic heterocycles. The lowest BCUT2D eigenvalue weighted by molar-refractivity contribution is -0.00874. The number of hydrogen-bond acceptors (Lipinski definition) is 8. The second-order valence-electron chi connectivity index (χ2n) is 10.8. The van der Waals surface area contributed by atoms with E-state index in [1.807, 2.05) is 31.0 Å². The van der Waals surface area contributed by atoms with Crippen LogP contribution in [0, 0.1) is 11.3 Å². The van der Waals surface area contributed by atoms with Crippen LogP contribution >= 0.6 is 0 Å². The summed E-state index contributed by atoms with van der Waals surface area (Å²) in [5, 5.41) is 15.3. The van der Waals surface area contributed by atoms with Crippen molar-refractivity contribution in [3.05, 3.63) is 78.1 Å². The Morgan fingerprint density at radius 2 is 2.00 bits per heavy atom. The molecule has 198 valence electrons. The predicted molar refractivity (Wildman–Crippen MR) is 150 cm³/mol. The predicted octanol–water partition coefficient (Wildman–Crippen LogP) is 3.81. The van der Waals surface area contributed by atoms with Gasteiger partial charge in [-0.25, -0.2) is 14.5 Å². The van der Waals surface area contributed by atoms with Crippen LogP contribution in [0.25, 0.3) is 33.4 Å². The van der Waals surface area contributed by atoms with Crippen LogP contribution in [-0.2, 0) is 11.3 Å². The molecule has 2 bridgehead atoms. The van der Waals surface area contributed by atoms with Crippen molar-refractivity contribution in [1.29, 1.82) is 5.26 Å². The topological polar surface area (TPSA) is 111 Å².